The number of rotatable bonds is 6. The fourth-order valence-corrected chi connectivity index (χ4v) is 4.12. The fraction of sp³-hybridized carbons (Fsp3) is 0.615. The van der Waals surface area contributed by atoms with Gasteiger partial charge in [-0.2, -0.15) is 0 Å². The highest BCUT2D eigenvalue weighted by Crippen LogP contribution is 2.21. The molecule has 19 heavy (non-hydrogen) atoms. The molecule has 1 aromatic rings. The Hall–Kier alpha value is -0.980. The molecule has 2 heterocycles. The van der Waals surface area contributed by atoms with E-state index >= 15 is 0 Å². The molecule has 2 atom stereocenters. The normalized spacial score (nSPS) is 23.6. The molecular weight excluding hydrogens is 264 g/mol. The molecule has 1 saturated heterocycles. The van der Waals surface area contributed by atoms with Crippen LogP contribution < -0.4 is 5.32 Å². The quantitative estimate of drug-likeness (QED) is 0.781. The van der Waals surface area contributed by atoms with E-state index in [1.54, 1.807) is 6.20 Å². The highest BCUT2D eigenvalue weighted by Gasteiger charge is 2.35. The Morgan fingerprint density at radius 1 is 1.47 bits per heavy atom. The predicted octanol–water partition coefficient (Wildman–Crippen LogP) is 0.763. The summed E-state index contributed by atoms with van der Waals surface area (Å²) in [6.45, 7) is 3.41. The summed E-state index contributed by atoms with van der Waals surface area (Å²) in [5.41, 5.74) is 0.914. The number of hydrogen-bond donors (Lipinski definition) is 1. The molecule has 5 nitrogen and oxygen atoms in total. The van der Waals surface area contributed by atoms with Crippen molar-refractivity contribution in [1.82, 2.24) is 10.3 Å². The van der Waals surface area contributed by atoms with Crippen molar-refractivity contribution in [2.45, 2.75) is 31.2 Å². The maximum Gasteiger partial charge on any atom is 0.157 e. The average Bonchev–Trinajstić information content (AvgIpc) is 2.83. The zero-order valence-electron chi connectivity index (χ0n) is 11.1. The molecule has 1 aliphatic heterocycles. The molecule has 1 aromatic heterocycles. The van der Waals surface area contributed by atoms with Crippen LogP contribution in [-0.2, 0) is 21.1 Å². The van der Waals surface area contributed by atoms with Crippen LogP contribution in [0.4, 0.5) is 0 Å². The minimum atomic E-state index is -3.07. The average molecular weight is 284 g/mol. The summed E-state index contributed by atoms with van der Waals surface area (Å²) in [6, 6.07) is 5.68. The minimum Gasteiger partial charge on any atom is -0.377 e. The Kier molecular flexibility index (Phi) is 4.90. The van der Waals surface area contributed by atoms with Gasteiger partial charge < -0.3 is 10.1 Å². The molecule has 0 radical (unpaired) electrons. The van der Waals surface area contributed by atoms with Crippen molar-refractivity contribution in [3.8, 4) is 0 Å². The van der Waals surface area contributed by atoms with Gasteiger partial charge in [-0.05, 0) is 25.5 Å². The lowest BCUT2D eigenvalue weighted by Gasteiger charge is -2.15. The Morgan fingerprint density at radius 3 is 2.95 bits per heavy atom. The van der Waals surface area contributed by atoms with Gasteiger partial charge in [-0.3, -0.25) is 4.98 Å². The summed E-state index contributed by atoms with van der Waals surface area (Å²) in [5.74, 6) is 0.151. The summed E-state index contributed by atoms with van der Waals surface area (Å²) in [7, 11) is -3.07. The summed E-state index contributed by atoms with van der Waals surface area (Å²) in [4.78, 5) is 4.17. The van der Waals surface area contributed by atoms with Crippen molar-refractivity contribution >= 4 is 9.84 Å². The van der Waals surface area contributed by atoms with Gasteiger partial charge in [-0.15, -0.1) is 0 Å². The fourth-order valence-electron chi connectivity index (χ4n) is 2.27. The molecular formula is C13H20N2O3S. The van der Waals surface area contributed by atoms with Crippen LogP contribution >= 0.6 is 0 Å². The number of ether oxygens (including phenoxy) is 1. The van der Waals surface area contributed by atoms with Crippen molar-refractivity contribution in [2.24, 2.45) is 0 Å². The van der Waals surface area contributed by atoms with Crippen LogP contribution in [0, 0.1) is 0 Å². The van der Waals surface area contributed by atoms with E-state index in [0.717, 1.165) is 5.69 Å². The molecule has 6 heteroatoms. The molecule has 1 aliphatic rings. The third-order valence-electron chi connectivity index (χ3n) is 3.36. The van der Waals surface area contributed by atoms with E-state index < -0.39 is 9.84 Å². The predicted molar refractivity (Wildman–Crippen MR) is 73.5 cm³/mol. The summed E-state index contributed by atoms with van der Waals surface area (Å²) >= 11 is 0. The second kappa shape index (κ2) is 6.45. The van der Waals surface area contributed by atoms with Crippen LogP contribution in [0.1, 0.15) is 19.0 Å². The standard InChI is InChI=1S/C13H20N2O3S/c1-11-13(5-8-18-11)19(16,17)9-7-14-10-12-4-2-3-6-15-12/h2-4,6,11,13-14H,5,7-10H2,1H3. The molecule has 0 saturated carbocycles. The molecule has 2 rings (SSSR count). The maximum atomic E-state index is 12.1. The van der Waals surface area contributed by atoms with Crippen LogP contribution in [0.2, 0.25) is 0 Å². The van der Waals surface area contributed by atoms with Gasteiger partial charge in [-0.1, -0.05) is 6.07 Å². The van der Waals surface area contributed by atoms with Gasteiger partial charge in [0, 0.05) is 25.9 Å². The van der Waals surface area contributed by atoms with E-state index in [9.17, 15) is 8.42 Å². The Bertz CT molecular complexity index is 490. The molecule has 0 aromatic carbocycles. The Labute approximate surface area is 114 Å². The first-order valence-corrected chi connectivity index (χ1v) is 8.25. The van der Waals surface area contributed by atoms with Gasteiger partial charge in [0.05, 0.1) is 22.8 Å². The van der Waals surface area contributed by atoms with Crippen molar-refractivity contribution < 1.29 is 13.2 Å². The third kappa shape index (κ3) is 3.99. The van der Waals surface area contributed by atoms with E-state index in [-0.39, 0.29) is 17.1 Å². The highest BCUT2D eigenvalue weighted by atomic mass is 32.2. The van der Waals surface area contributed by atoms with Gasteiger partial charge in [0.15, 0.2) is 9.84 Å². The second-order valence-corrected chi connectivity index (χ2v) is 7.11. The zero-order valence-corrected chi connectivity index (χ0v) is 11.9. The summed E-state index contributed by atoms with van der Waals surface area (Å²) < 4.78 is 29.6. The zero-order chi connectivity index (χ0) is 13.7. The van der Waals surface area contributed by atoms with Crippen molar-refractivity contribution in [2.75, 3.05) is 18.9 Å². The molecule has 0 aliphatic carbocycles. The van der Waals surface area contributed by atoms with E-state index in [2.05, 4.69) is 10.3 Å². The molecule has 0 spiro atoms. The van der Waals surface area contributed by atoms with E-state index in [0.29, 0.717) is 26.1 Å². The van der Waals surface area contributed by atoms with Gasteiger partial charge in [0.25, 0.3) is 0 Å². The lowest BCUT2D eigenvalue weighted by atomic mass is 10.3. The first-order chi connectivity index (χ1) is 9.09. The number of nitrogens with one attached hydrogen (secondary N) is 1. The van der Waals surface area contributed by atoms with Crippen LogP contribution in [0.5, 0.6) is 0 Å². The van der Waals surface area contributed by atoms with Crippen LogP contribution in [-0.4, -0.2) is 43.7 Å². The van der Waals surface area contributed by atoms with Crippen molar-refractivity contribution in [1.29, 1.82) is 0 Å². The molecule has 2 unspecified atom stereocenters. The number of sulfone groups is 1. The molecule has 1 N–H and O–H groups in total. The van der Waals surface area contributed by atoms with Gasteiger partial charge >= 0.3 is 0 Å². The number of hydrogen-bond acceptors (Lipinski definition) is 5. The van der Waals surface area contributed by atoms with Crippen LogP contribution in [0.3, 0.4) is 0 Å². The molecule has 0 bridgehead atoms. The molecule has 1 fully saturated rings. The SMILES string of the molecule is CC1OCCC1S(=O)(=O)CCNCc1ccccn1. The third-order valence-corrected chi connectivity index (χ3v) is 5.68. The summed E-state index contributed by atoms with van der Waals surface area (Å²) in [6.07, 6.45) is 2.16. The number of nitrogens with zero attached hydrogens (tertiary/aromatic N) is 1. The summed E-state index contributed by atoms with van der Waals surface area (Å²) in [5, 5.41) is 2.77. The molecule has 106 valence electrons. The largest absolute Gasteiger partial charge is 0.377 e. The highest BCUT2D eigenvalue weighted by molar-refractivity contribution is 7.92. The van der Waals surface area contributed by atoms with E-state index in [4.69, 9.17) is 4.74 Å². The maximum absolute atomic E-state index is 12.1. The van der Waals surface area contributed by atoms with Crippen LogP contribution in [0.25, 0.3) is 0 Å². The van der Waals surface area contributed by atoms with Crippen molar-refractivity contribution in [3.05, 3.63) is 30.1 Å². The van der Waals surface area contributed by atoms with E-state index in [1.807, 2.05) is 25.1 Å². The minimum absolute atomic E-state index is 0.151. The number of aromatic nitrogens is 1. The van der Waals surface area contributed by atoms with Crippen molar-refractivity contribution in [3.63, 3.8) is 0 Å². The Morgan fingerprint density at radius 2 is 2.32 bits per heavy atom. The topological polar surface area (TPSA) is 68.3 Å². The lowest BCUT2D eigenvalue weighted by molar-refractivity contribution is 0.126. The molecule has 0 amide bonds. The van der Waals surface area contributed by atoms with Gasteiger partial charge in [0.2, 0.25) is 0 Å². The first-order valence-electron chi connectivity index (χ1n) is 6.53. The smallest absolute Gasteiger partial charge is 0.157 e. The van der Waals surface area contributed by atoms with E-state index in [1.165, 1.54) is 0 Å². The second-order valence-electron chi connectivity index (χ2n) is 4.77. The van der Waals surface area contributed by atoms with Gasteiger partial charge in [0.1, 0.15) is 0 Å². The monoisotopic (exact) mass is 284 g/mol. The lowest BCUT2D eigenvalue weighted by Crippen LogP contribution is -2.34. The first kappa shape index (κ1) is 14.4. The Balaban J connectivity index is 1.76. The van der Waals surface area contributed by atoms with Crippen LogP contribution in [0.15, 0.2) is 24.4 Å². The number of pyridine rings is 1. The van der Waals surface area contributed by atoms with Gasteiger partial charge in [-0.25, -0.2) is 8.42 Å².